The number of rotatable bonds is 7. The van der Waals surface area contributed by atoms with Gasteiger partial charge in [-0.2, -0.15) is 0 Å². The van der Waals surface area contributed by atoms with Gasteiger partial charge in [0.2, 0.25) is 0 Å². The Bertz CT molecular complexity index is 972. The molecule has 31 heavy (non-hydrogen) atoms. The van der Waals surface area contributed by atoms with Crippen LogP contribution in [0.25, 0.3) is 0 Å². The van der Waals surface area contributed by atoms with Gasteiger partial charge in [0, 0.05) is 31.0 Å². The Kier molecular flexibility index (Phi) is 6.92. The summed E-state index contributed by atoms with van der Waals surface area (Å²) in [5.74, 6) is -0.553. The van der Waals surface area contributed by atoms with E-state index in [1.54, 1.807) is 12.1 Å². The number of carbonyl (C=O) groups is 1. The summed E-state index contributed by atoms with van der Waals surface area (Å²) >= 11 is 0. The fourth-order valence-corrected chi connectivity index (χ4v) is 3.58. The molecule has 3 aromatic carbocycles. The molecular formula is C25H26FN3O2. The van der Waals surface area contributed by atoms with Crippen molar-refractivity contribution in [2.24, 2.45) is 0 Å². The van der Waals surface area contributed by atoms with Gasteiger partial charge >= 0.3 is 0 Å². The fraction of sp³-hybridized carbons (Fsp3) is 0.240. The van der Waals surface area contributed by atoms with Crippen molar-refractivity contribution in [3.05, 3.63) is 95.8 Å². The van der Waals surface area contributed by atoms with Crippen LogP contribution in [0.5, 0.6) is 0 Å². The molecule has 1 fully saturated rings. The largest absolute Gasteiger partial charge is 0.379 e. The third-order valence-corrected chi connectivity index (χ3v) is 5.28. The van der Waals surface area contributed by atoms with Crippen molar-refractivity contribution >= 4 is 17.3 Å². The SMILES string of the molecule is O=C(Nc1ccc(F)cc1)C(Nc1ccc(CN2CCOCC2)cc1)c1ccccc1. The first-order valence-electron chi connectivity index (χ1n) is 10.4. The standard InChI is InChI=1S/C25H26FN3O2/c26-21-8-12-23(13-9-21)28-25(30)24(20-4-2-1-3-5-20)27-22-10-6-19(7-11-22)18-29-14-16-31-17-15-29/h1-13,24,27H,14-18H2,(H,28,30). The number of benzene rings is 3. The number of morpholine rings is 1. The zero-order chi connectivity index (χ0) is 21.5. The first kappa shape index (κ1) is 21.0. The number of hydrogen-bond acceptors (Lipinski definition) is 4. The van der Waals surface area contributed by atoms with E-state index in [-0.39, 0.29) is 11.7 Å². The molecule has 0 radical (unpaired) electrons. The first-order valence-corrected chi connectivity index (χ1v) is 10.4. The minimum atomic E-state index is -0.587. The van der Waals surface area contributed by atoms with Crippen molar-refractivity contribution in [3.63, 3.8) is 0 Å². The second-order valence-corrected chi connectivity index (χ2v) is 7.57. The summed E-state index contributed by atoms with van der Waals surface area (Å²) in [6.07, 6.45) is 0. The number of nitrogens with zero attached hydrogens (tertiary/aromatic N) is 1. The topological polar surface area (TPSA) is 53.6 Å². The van der Waals surface area contributed by atoms with Crippen molar-refractivity contribution in [1.82, 2.24) is 4.90 Å². The summed E-state index contributed by atoms with van der Waals surface area (Å²) in [4.78, 5) is 15.4. The lowest BCUT2D eigenvalue weighted by Crippen LogP contribution is -2.35. The minimum Gasteiger partial charge on any atom is -0.379 e. The van der Waals surface area contributed by atoms with Crippen LogP contribution in [0.1, 0.15) is 17.2 Å². The summed E-state index contributed by atoms with van der Waals surface area (Å²) in [6.45, 7) is 4.33. The summed E-state index contributed by atoms with van der Waals surface area (Å²) in [5.41, 5.74) is 3.47. The van der Waals surface area contributed by atoms with Crippen molar-refractivity contribution in [2.75, 3.05) is 36.9 Å². The van der Waals surface area contributed by atoms with Gasteiger partial charge in [-0.15, -0.1) is 0 Å². The van der Waals surface area contributed by atoms with Crippen molar-refractivity contribution in [2.45, 2.75) is 12.6 Å². The highest BCUT2D eigenvalue weighted by atomic mass is 19.1. The van der Waals surface area contributed by atoms with Crippen LogP contribution < -0.4 is 10.6 Å². The Labute approximate surface area is 181 Å². The molecule has 0 aliphatic carbocycles. The third-order valence-electron chi connectivity index (χ3n) is 5.28. The molecule has 160 valence electrons. The molecule has 5 nitrogen and oxygen atoms in total. The molecule has 0 spiro atoms. The van der Waals surface area contributed by atoms with E-state index in [2.05, 4.69) is 27.7 Å². The molecule has 1 aliphatic rings. The van der Waals surface area contributed by atoms with Crippen molar-refractivity contribution in [1.29, 1.82) is 0 Å². The quantitative estimate of drug-likeness (QED) is 0.594. The maximum atomic E-state index is 13.2. The van der Waals surface area contributed by atoms with Crippen LogP contribution in [0.2, 0.25) is 0 Å². The van der Waals surface area contributed by atoms with Gasteiger partial charge in [-0.3, -0.25) is 9.69 Å². The molecular weight excluding hydrogens is 393 g/mol. The monoisotopic (exact) mass is 419 g/mol. The summed E-state index contributed by atoms with van der Waals surface area (Å²) in [7, 11) is 0. The fourth-order valence-electron chi connectivity index (χ4n) is 3.58. The average Bonchev–Trinajstić information content (AvgIpc) is 2.81. The molecule has 1 saturated heterocycles. The maximum absolute atomic E-state index is 13.2. The molecule has 3 aromatic rings. The molecule has 1 amide bonds. The normalized spacial score (nSPS) is 15.3. The van der Waals surface area contributed by atoms with Crippen LogP contribution >= 0.6 is 0 Å². The molecule has 1 aliphatic heterocycles. The highest BCUT2D eigenvalue weighted by molar-refractivity contribution is 5.97. The van der Waals surface area contributed by atoms with E-state index in [0.29, 0.717) is 5.69 Å². The molecule has 1 unspecified atom stereocenters. The van der Waals surface area contributed by atoms with E-state index in [0.717, 1.165) is 44.1 Å². The van der Waals surface area contributed by atoms with Gasteiger partial charge in [0.15, 0.2) is 0 Å². The van der Waals surface area contributed by atoms with Crippen LogP contribution in [0.3, 0.4) is 0 Å². The molecule has 0 saturated carbocycles. The van der Waals surface area contributed by atoms with Gasteiger partial charge < -0.3 is 15.4 Å². The van der Waals surface area contributed by atoms with Crippen LogP contribution in [0, 0.1) is 5.82 Å². The first-order chi connectivity index (χ1) is 15.2. The second-order valence-electron chi connectivity index (χ2n) is 7.57. The summed E-state index contributed by atoms with van der Waals surface area (Å²) < 4.78 is 18.6. The minimum absolute atomic E-state index is 0.213. The van der Waals surface area contributed by atoms with Crippen LogP contribution in [-0.4, -0.2) is 37.1 Å². The zero-order valence-corrected chi connectivity index (χ0v) is 17.3. The van der Waals surface area contributed by atoms with E-state index >= 15 is 0 Å². The number of hydrogen-bond donors (Lipinski definition) is 2. The van der Waals surface area contributed by atoms with E-state index in [1.165, 1.54) is 17.7 Å². The van der Waals surface area contributed by atoms with Crippen molar-refractivity contribution < 1.29 is 13.9 Å². The van der Waals surface area contributed by atoms with Crippen LogP contribution in [0.15, 0.2) is 78.9 Å². The van der Waals surface area contributed by atoms with Gasteiger partial charge in [-0.25, -0.2) is 4.39 Å². The smallest absolute Gasteiger partial charge is 0.251 e. The number of carbonyl (C=O) groups excluding carboxylic acids is 1. The van der Waals surface area contributed by atoms with Gasteiger partial charge in [-0.1, -0.05) is 42.5 Å². The highest BCUT2D eigenvalue weighted by Gasteiger charge is 2.21. The highest BCUT2D eigenvalue weighted by Crippen LogP contribution is 2.23. The number of halogens is 1. The zero-order valence-electron chi connectivity index (χ0n) is 17.3. The lowest BCUT2D eigenvalue weighted by atomic mass is 10.1. The van der Waals surface area contributed by atoms with E-state index in [4.69, 9.17) is 4.74 Å². The van der Waals surface area contributed by atoms with E-state index in [1.807, 2.05) is 42.5 Å². The van der Waals surface area contributed by atoms with Crippen molar-refractivity contribution in [3.8, 4) is 0 Å². The van der Waals surface area contributed by atoms with Crippen LogP contribution in [-0.2, 0) is 16.1 Å². The Morgan fingerprint density at radius 3 is 2.23 bits per heavy atom. The predicted octanol–water partition coefficient (Wildman–Crippen LogP) is 4.45. The molecule has 0 bridgehead atoms. The maximum Gasteiger partial charge on any atom is 0.251 e. The van der Waals surface area contributed by atoms with Gasteiger partial charge in [0.05, 0.1) is 13.2 Å². The van der Waals surface area contributed by atoms with Gasteiger partial charge in [0.25, 0.3) is 5.91 Å². The lowest BCUT2D eigenvalue weighted by Gasteiger charge is -2.26. The molecule has 6 heteroatoms. The second kappa shape index (κ2) is 10.2. The Morgan fingerprint density at radius 1 is 0.903 bits per heavy atom. The number of nitrogens with one attached hydrogen (secondary N) is 2. The Balaban J connectivity index is 1.46. The molecule has 2 N–H and O–H groups in total. The summed E-state index contributed by atoms with van der Waals surface area (Å²) in [6, 6.07) is 22.9. The number of anilines is 2. The molecule has 0 aromatic heterocycles. The van der Waals surface area contributed by atoms with Crippen LogP contribution in [0.4, 0.5) is 15.8 Å². The summed E-state index contributed by atoms with van der Waals surface area (Å²) in [5, 5.41) is 6.20. The lowest BCUT2D eigenvalue weighted by molar-refractivity contribution is -0.117. The van der Waals surface area contributed by atoms with E-state index in [9.17, 15) is 9.18 Å². The third kappa shape index (κ3) is 5.90. The molecule has 4 rings (SSSR count). The number of amides is 1. The van der Waals surface area contributed by atoms with E-state index < -0.39 is 6.04 Å². The Morgan fingerprint density at radius 2 is 1.55 bits per heavy atom. The molecule has 1 atom stereocenters. The molecule has 1 heterocycles. The predicted molar refractivity (Wildman–Crippen MR) is 120 cm³/mol. The number of ether oxygens (including phenoxy) is 1. The van der Waals surface area contributed by atoms with Gasteiger partial charge in [0.1, 0.15) is 11.9 Å². The average molecular weight is 420 g/mol. The Hall–Kier alpha value is -3.22. The van der Waals surface area contributed by atoms with Gasteiger partial charge in [-0.05, 0) is 47.5 Å².